The number of nitrogens with one attached hydrogen (secondary N) is 3. The van der Waals surface area contributed by atoms with Gasteiger partial charge in [0.1, 0.15) is 34.9 Å². The molecule has 3 fully saturated rings. The van der Waals surface area contributed by atoms with Crippen molar-refractivity contribution in [3.63, 3.8) is 0 Å². The summed E-state index contributed by atoms with van der Waals surface area (Å²) in [6.45, 7) is 8.89. The molecule has 1 unspecified atom stereocenters. The number of ether oxygens (including phenoxy) is 4. The molecule has 16 heteroatoms. The van der Waals surface area contributed by atoms with E-state index in [1.54, 1.807) is 70.3 Å². The van der Waals surface area contributed by atoms with Gasteiger partial charge in [-0.2, -0.15) is 0 Å². The van der Waals surface area contributed by atoms with Crippen LogP contribution in [0.1, 0.15) is 46.5 Å². The Labute approximate surface area is 348 Å². The maximum atomic E-state index is 14.8. The SMILES string of the molecule is C=C[C@@H]1C[C@]1(NC(=O)[C@@H]1C[C@@H](Oc2cc(-c3ccccc3)nc3cc(OC)ccc23)CN1C(=O)C(OC(=O)Nc1ccc(OC)cc1)C(C)(C)C)C(=O)NS(=O)(=O)C1CC1. The fraction of sp³-hybridized carbons (Fsp3) is 0.386. The van der Waals surface area contributed by atoms with E-state index in [0.717, 1.165) is 5.56 Å². The molecule has 1 aromatic heterocycles. The lowest BCUT2D eigenvalue weighted by Gasteiger charge is -2.34. The van der Waals surface area contributed by atoms with Gasteiger partial charge in [0.25, 0.3) is 11.8 Å². The Morgan fingerprint density at radius 3 is 2.25 bits per heavy atom. The molecule has 0 spiro atoms. The highest BCUT2D eigenvalue weighted by Gasteiger charge is 2.62. The van der Waals surface area contributed by atoms with Crippen LogP contribution in [0.25, 0.3) is 22.2 Å². The second kappa shape index (κ2) is 16.5. The minimum atomic E-state index is -3.94. The minimum absolute atomic E-state index is 0.0239. The molecule has 3 aromatic carbocycles. The number of benzene rings is 3. The number of amides is 4. The second-order valence-corrected chi connectivity index (χ2v) is 18.4. The van der Waals surface area contributed by atoms with Gasteiger partial charge >= 0.3 is 6.09 Å². The third-order valence-corrected chi connectivity index (χ3v) is 12.8. The molecular formula is C44H49N5O10S. The fourth-order valence-electron chi connectivity index (χ4n) is 7.41. The maximum absolute atomic E-state index is 14.8. The first kappa shape index (κ1) is 42.0. The van der Waals surface area contributed by atoms with Gasteiger partial charge in [0, 0.05) is 46.5 Å². The molecule has 5 atom stereocenters. The van der Waals surface area contributed by atoms with Crippen LogP contribution in [-0.4, -0.2) is 91.9 Å². The lowest BCUT2D eigenvalue weighted by molar-refractivity contribution is -0.150. The fourth-order valence-corrected chi connectivity index (χ4v) is 8.77. The maximum Gasteiger partial charge on any atom is 0.412 e. The predicted molar refractivity (Wildman–Crippen MR) is 224 cm³/mol. The van der Waals surface area contributed by atoms with Gasteiger partial charge in [0.05, 0.1) is 37.2 Å². The van der Waals surface area contributed by atoms with Crippen molar-refractivity contribution in [2.24, 2.45) is 11.3 Å². The number of nitrogens with zero attached hydrogens (tertiary/aromatic N) is 2. The third kappa shape index (κ3) is 8.88. The van der Waals surface area contributed by atoms with Crippen molar-refractivity contribution < 1.29 is 46.5 Å². The summed E-state index contributed by atoms with van der Waals surface area (Å²) in [7, 11) is -0.857. The lowest BCUT2D eigenvalue weighted by atomic mass is 9.88. The van der Waals surface area contributed by atoms with Crippen molar-refractivity contribution in [3.8, 4) is 28.5 Å². The number of sulfonamides is 1. The van der Waals surface area contributed by atoms with Crippen LogP contribution >= 0.6 is 0 Å². The summed E-state index contributed by atoms with van der Waals surface area (Å²) in [6, 6.07) is 22.0. The number of fused-ring (bicyclic) bond motifs is 1. The first-order valence-corrected chi connectivity index (χ1v) is 21.2. The molecule has 1 aliphatic heterocycles. The quantitative estimate of drug-likeness (QED) is 0.134. The van der Waals surface area contributed by atoms with Gasteiger partial charge in [-0.3, -0.25) is 24.4 Å². The predicted octanol–water partition coefficient (Wildman–Crippen LogP) is 5.60. The summed E-state index contributed by atoms with van der Waals surface area (Å²) in [6.07, 6.45) is -0.590. The summed E-state index contributed by atoms with van der Waals surface area (Å²) >= 11 is 0. The van der Waals surface area contributed by atoms with E-state index in [0.29, 0.717) is 52.4 Å². The van der Waals surface area contributed by atoms with Crippen LogP contribution in [0.4, 0.5) is 10.5 Å². The molecule has 316 valence electrons. The zero-order valence-corrected chi connectivity index (χ0v) is 34.9. The Morgan fingerprint density at radius 1 is 0.950 bits per heavy atom. The number of anilines is 1. The van der Waals surface area contributed by atoms with Crippen molar-refractivity contribution in [1.82, 2.24) is 19.9 Å². The monoisotopic (exact) mass is 839 g/mol. The Morgan fingerprint density at radius 2 is 1.63 bits per heavy atom. The molecule has 0 bridgehead atoms. The standard InChI is InChI=1S/C44H49N5O10S/c1-7-27-24-44(27,41(52)48-60(54,55)32-18-19-32)47-39(50)36-22-31(58-37-23-34(26-11-9-8-10-12-26)46-35-21-30(57-6)17-20-33(35)37)25-49(36)40(51)38(43(2,3)4)59-42(53)45-28-13-15-29(56-5)16-14-28/h7-17,20-21,23,27,31-32,36,38H,1,18-19,22,24-25H2,2-6H3,(H,45,53)(H,47,50)(H,48,52)/t27-,31-,36+,38?,44-/m1/s1. The molecule has 4 amide bonds. The van der Waals surface area contributed by atoms with E-state index in [1.807, 2.05) is 36.4 Å². The topological polar surface area (TPSA) is 192 Å². The van der Waals surface area contributed by atoms with E-state index in [2.05, 4.69) is 21.9 Å². The smallest absolute Gasteiger partial charge is 0.412 e. The molecule has 1 saturated heterocycles. The molecule has 3 aliphatic rings. The number of methoxy groups -OCH3 is 2. The molecule has 3 N–H and O–H groups in total. The highest BCUT2D eigenvalue weighted by atomic mass is 32.2. The van der Waals surface area contributed by atoms with Crippen LogP contribution in [0, 0.1) is 11.3 Å². The molecular weight excluding hydrogens is 791 g/mol. The summed E-state index contributed by atoms with van der Waals surface area (Å²) < 4.78 is 51.0. The number of pyridine rings is 1. The van der Waals surface area contributed by atoms with Gasteiger partial charge < -0.3 is 29.2 Å². The average Bonchev–Trinajstić information content (AvgIpc) is 4.16. The largest absolute Gasteiger partial charge is 0.497 e. The van der Waals surface area contributed by atoms with Gasteiger partial charge in [-0.15, -0.1) is 6.58 Å². The molecule has 7 rings (SSSR count). The number of hydrogen-bond donors (Lipinski definition) is 3. The number of carbonyl (C=O) groups is 4. The number of rotatable bonds is 14. The molecule has 4 aromatic rings. The number of aromatic nitrogens is 1. The van der Waals surface area contributed by atoms with Crippen LogP contribution in [0.5, 0.6) is 17.2 Å². The van der Waals surface area contributed by atoms with Crippen molar-refractivity contribution in [2.45, 2.75) is 75.5 Å². The van der Waals surface area contributed by atoms with Crippen molar-refractivity contribution >= 4 is 50.4 Å². The van der Waals surface area contributed by atoms with Crippen LogP contribution < -0.4 is 29.6 Å². The minimum Gasteiger partial charge on any atom is -0.497 e. The molecule has 2 saturated carbocycles. The van der Waals surface area contributed by atoms with Gasteiger partial charge in [-0.05, 0) is 55.7 Å². The zero-order valence-electron chi connectivity index (χ0n) is 34.1. The number of likely N-dealkylation sites (tertiary alicyclic amines) is 1. The highest BCUT2D eigenvalue weighted by molar-refractivity contribution is 7.91. The zero-order chi connectivity index (χ0) is 43.0. The highest BCUT2D eigenvalue weighted by Crippen LogP contribution is 2.46. The molecule has 2 heterocycles. The summed E-state index contributed by atoms with van der Waals surface area (Å²) in [5.41, 5.74) is -0.112. The van der Waals surface area contributed by atoms with Crippen LogP contribution in [-0.2, 0) is 29.1 Å². The first-order valence-electron chi connectivity index (χ1n) is 19.7. The Hall–Kier alpha value is -6.16. The van der Waals surface area contributed by atoms with Crippen LogP contribution in [0.2, 0.25) is 0 Å². The van der Waals surface area contributed by atoms with Gasteiger partial charge in [0.2, 0.25) is 15.9 Å². The van der Waals surface area contributed by atoms with Gasteiger partial charge in [0.15, 0.2) is 6.10 Å². The third-order valence-electron chi connectivity index (χ3n) is 11.0. The van der Waals surface area contributed by atoms with Crippen molar-refractivity contribution in [2.75, 3.05) is 26.1 Å². The van der Waals surface area contributed by atoms with E-state index >= 15 is 0 Å². The summed E-state index contributed by atoms with van der Waals surface area (Å²) in [5.74, 6) is -1.19. The summed E-state index contributed by atoms with van der Waals surface area (Å²) in [4.78, 5) is 62.4. The molecule has 15 nitrogen and oxygen atoms in total. The van der Waals surface area contributed by atoms with Crippen molar-refractivity contribution in [3.05, 3.63) is 91.5 Å². The number of hydrogen-bond acceptors (Lipinski definition) is 11. The van der Waals surface area contributed by atoms with Crippen LogP contribution in [0.3, 0.4) is 0 Å². The van der Waals surface area contributed by atoms with Crippen molar-refractivity contribution in [1.29, 1.82) is 0 Å². The lowest BCUT2D eigenvalue weighted by Crippen LogP contribution is -2.58. The van der Waals surface area contributed by atoms with E-state index in [9.17, 15) is 27.6 Å². The Bertz CT molecular complexity index is 2420. The van der Waals surface area contributed by atoms with E-state index in [4.69, 9.17) is 23.9 Å². The van der Waals surface area contributed by atoms with Gasteiger partial charge in [-0.25, -0.2) is 18.2 Å². The van der Waals surface area contributed by atoms with Gasteiger partial charge in [-0.1, -0.05) is 57.2 Å². The van der Waals surface area contributed by atoms with E-state index < -0.39 is 74.2 Å². The molecule has 2 aliphatic carbocycles. The Kier molecular flexibility index (Phi) is 11.5. The second-order valence-electron chi connectivity index (χ2n) is 16.4. The number of carbonyl (C=O) groups excluding carboxylic acids is 4. The van der Waals surface area contributed by atoms with E-state index in [-0.39, 0.29) is 19.4 Å². The normalized spacial score (nSPS) is 21.6. The molecule has 0 radical (unpaired) electrons. The average molecular weight is 840 g/mol. The first-order chi connectivity index (χ1) is 28.5. The summed E-state index contributed by atoms with van der Waals surface area (Å²) in [5, 5.41) is 5.44. The Balaban J connectivity index is 1.20. The van der Waals surface area contributed by atoms with E-state index in [1.165, 1.54) is 18.1 Å². The van der Waals surface area contributed by atoms with Crippen LogP contribution in [0.15, 0.2) is 91.5 Å². The molecule has 60 heavy (non-hydrogen) atoms.